The minimum atomic E-state index is 0.0724. The zero-order chi connectivity index (χ0) is 13.2. The molecule has 94 valence electrons. The molecule has 0 aliphatic rings. The fourth-order valence-electron chi connectivity index (χ4n) is 1.71. The highest BCUT2D eigenvalue weighted by Gasteiger charge is 2.15. The van der Waals surface area contributed by atoms with Crippen molar-refractivity contribution in [1.29, 1.82) is 0 Å². The second-order valence-corrected chi connectivity index (χ2v) is 5.73. The van der Waals surface area contributed by atoms with Crippen molar-refractivity contribution in [3.05, 3.63) is 36.2 Å². The molecular weight excluding hydrogens is 224 g/mol. The van der Waals surface area contributed by atoms with E-state index in [4.69, 9.17) is 0 Å². The molecule has 1 heterocycles. The van der Waals surface area contributed by atoms with Crippen molar-refractivity contribution in [3.63, 3.8) is 0 Å². The molecule has 0 radical (unpaired) electrons. The third-order valence-electron chi connectivity index (χ3n) is 2.84. The molecule has 3 heteroatoms. The quantitative estimate of drug-likeness (QED) is 0.772. The van der Waals surface area contributed by atoms with Gasteiger partial charge in [-0.1, -0.05) is 32.9 Å². The predicted molar refractivity (Wildman–Crippen MR) is 72.6 cm³/mol. The number of hydrogen-bond acceptors (Lipinski definition) is 3. The van der Waals surface area contributed by atoms with Gasteiger partial charge in [0.05, 0.1) is 17.2 Å². The highest BCUT2D eigenvalue weighted by molar-refractivity contribution is 5.95. The number of nitrogens with zero attached hydrogens (tertiary/aromatic N) is 2. The number of carbonyl (C=O) groups is 1. The van der Waals surface area contributed by atoms with Crippen LogP contribution in [0.3, 0.4) is 0 Å². The predicted octanol–water partition coefficient (Wildman–Crippen LogP) is 3.64. The molecule has 0 saturated heterocycles. The molecule has 1 aromatic carbocycles. The summed E-state index contributed by atoms with van der Waals surface area (Å²) >= 11 is 0. The SMILES string of the molecule is CC(C)(C)CCC(=O)c1cnc2ccccc2n1. The smallest absolute Gasteiger partial charge is 0.182 e. The van der Waals surface area contributed by atoms with E-state index in [1.54, 1.807) is 6.20 Å². The Kier molecular flexibility index (Phi) is 3.41. The number of ketones is 1. The molecule has 0 fully saturated rings. The molecule has 18 heavy (non-hydrogen) atoms. The fourth-order valence-corrected chi connectivity index (χ4v) is 1.71. The molecule has 0 amide bonds. The maximum absolute atomic E-state index is 12.0. The molecule has 0 spiro atoms. The van der Waals surface area contributed by atoms with E-state index in [1.807, 2.05) is 24.3 Å². The van der Waals surface area contributed by atoms with E-state index < -0.39 is 0 Å². The zero-order valence-corrected chi connectivity index (χ0v) is 11.1. The largest absolute Gasteiger partial charge is 0.292 e. The van der Waals surface area contributed by atoms with Crippen LogP contribution in [0.2, 0.25) is 0 Å². The Morgan fingerprint density at radius 1 is 1.17 bits per heavy atom. The summed E-state index contributed by atoms with van der Waals surface area (Å²) in [5.74, 6) is 0.0724. The van der Waals surface area contributed by atoms with Gasteiger partial charge >= 0.3 is 0 Å². The average molecular weight is 242 g/mol. The second kappa shape index (κ2) is 4.84. The summed E-state index contributed by atoms with van der Waals surface area (Å²) in [6.45, 7) is 6.39. The third kappa shape index (κ3) is 3.13. The molecule has 0 atom stereocenters. The van der Waals surface area contributed by atoms with Crippen molar-refractivity contribution in [3.8, 4) is 0 Å². The van der Waals surface area contributed by atoms with Crippen molar-refractivity contribution in [2.24, 2.45) is 5.41 Å². The van der Waals surface area contributed by atoms with E-state index in [0.29, 0.717) is 12.1 Å². The molecule has 0 unspecified atom stereocenters. The van der Waals surface area contributed by atoms with Gasteiger partial charge in [-0.05, 0) is 24.0 Å². The van der Waals surface area contributed by atoms with Gasteiger partial charge in [0, 0.05) is 6.42 Å². The Hall–Kier alpha value is -1.77. The first-order chi connectivity index (χ1) is 8.46. The molecule has 0 saturated carbocycles. The van der Waals surface area contributed by atoms with Gasteiger partial charge < -0.3 is 0 Å². The number of carbonyl (C=O) groups excluding carboxylic acids is 1. The maximum Gasteiger partial charge on any atom is 0.182 e. The first kappa shape index (κ1) is 12.7. The lowest BCUT2D eigenvalue weighted by Crippen LogP contribution is -2.10. The van der Waals surface area contributed by atoms with Crippen molar-refractivity contribution >= 4 is 16.8 Å². The maximum atomic E-state index is 12.0. The number of aromatic nitrogens is 2. The molecule has 0 aliphatic carbocycles. The van der Waals surface area contributed by atoms with E-state index in [-0.39, 0.29) is 11.2 Å². The van der Waals surface area contributed by atoms with Crippen LogP contribution in [-0.4, -0.2) is 15.8 Å². The van der Waals surface area contributed by atoms with Gasteiger partial charge in [-0.15, -0.1) is 0 Å². The Balaban J connectivity index is 2.18. The van der Waals surface area contributed by atoms with E-state index in [9.17, 15) is 4.79 Å². The van der Waals surface area contributed by atoms with Crippen LogP contribution in [0.4, 0.5) is 0 Å². The number of para-hydroxylation sites is 2. The number of fused-ring (bicyclic) bond motifs is 1. The average Bonchev–Trinajstić information content (AvgIpc) is 2.34. The Labute approximate surface area is 107 Å². The number of Topliss-reactive ketones (excluding diaryl/α,β-unsaturated/α-hetero) is 1. The van der Waals surface area contributed by atoms with Gasteiger partial charge in [0.15, 0.2) is 5.78 Å². The molecule has 3 nitrogen and oxygen atoms in total. The normalized spacial score (nSPS) is 11.7. The lowest BCUT2D eigenvalue weighted by molar-refractivity contribution is 0.0961. The van der Waals surface area contributed by atoms with Gasteiger partial charge in [0.2, 0.25) is 0 Å². The zero-order valence-electron chi connectivity index (χ0n) is 11.1. The van der Waals surface area contributed by atoms with Crippen LogP contribution in [0, 0.1) is 5.41 Å². The number of rotatable bonds is 3. The van der Waals surface area contributed by atoms with Crippen LogP contribution in [-0.2, 0) is 0 Å². The van der Waals surface area contributed by atoms with E-state index >= 15 is 0 Å². The molecule has 2 rings (SSSR count). The summed E-state index contributed by atoms with van der Waals surface area (Å²) in [7, 11) is 0. The fraction of sp³-hybridized carbons (Fsp3) is 0.400. The summed E-state index contributed by atoms with van der Waals surface area (Å²) in [6.07, 6.45) is 2.96. The molecule has 0 N–H and O–H groups in total. The monoisotopic (exact) mass is 242 g/mol. The Morgan fingerprint density at radius 3 is 2.50 bits per heavy atom. The van der Waals surface area contributed by atoms with Gasteiger partial charge in [0.1, 0.15) is 5.69 Å². The van der Waals surface area contributed by atoms with Gasteiger partial charge in [-0.2, -0.15) is 0 Å². The molecule has 0 aliphatic heterocycles. The number of hydrogen-bond donors (Lipinski definition) is 0. The first-order valence-electron chi connectivity index (χ1n) is 6.21. The summed E-state index contributed by atoms with van der Waals surface area (Å²) in [6, 6.07) is 7.59. The second-order valence-electron chi connectivity index (χ2n) is 5.73. The van der Waals surface area contributed by atoms with Crippen LogP contribution in [0.25, 0.3) is 11.0 Å². The minimum Gasteiger partial charge on any atom is -0.292 e. The molecular formula is C15H18N2O. The highest BCUT2D eigenvalue weighted by atomic mass is 16.1. The molecule has 2 aromatic rings. The standard InChI is InChI=1S/C15H18N2O/c1-15(2,3)9-8-14(18)13-10-16-11-6-4-5-7-12(11)17-13/h4-7,10H,8-9H2,1-3H3. The van der Waals surface area contributed by atoms with Crippen molar-refractivity contribution in [1.82, 2.24) is 9.97 Å². The van der Waals surface area contributed by atoms with Gasteiger partial charge in [-0.3, -0.25) is 9.78 Å². The van der Waals surface area contributed by atoms with Crippen LogP contribution in [0.1, 0.15) is 44.1 Å². The Morgan fingerprint density at radius 2 is 1.83 bits per heavy atom. The highest BCUT2D eigenvalue weighted by Crippen LogP contribution is 2.21. The summed E-state index contributed by atoms with van der Waals surface area (Å²) in [5.41, 5.74) is 2.24. The summed E-state index contributed by atoms with van der Waals surface area (Å²) in [4.78, 5) is 20.7. The lowest BCUT2D eigenvalue weighted by Gasteiger charge is -2.16. The summed E-state index contributed by atoms with van der Waals surface area (Å²) < 4.78 is 0. The van der Waals surface area contributed by atoms with Gasteiger partial charge in [0.25, 0.3) is 0 Å². The third-order valence-corrected chi connectivity index (χ3v) is 2.84. The molecule has 1 aromatic heterocycles. The Bertz CT molecular complexity index is 570. The van der Waals surface area contributed by atoms with Crippen LogP contribution >= 0.6 is 0 Å². The van der Waals surface area contributed by atoms with E-state index in [0.717, 1.165) is 17.5 Å². The van der Waals surface area contributed by atoms with Crippen LogP contribution in [0.15, 0.2) is 30.5 Å². The lowest BCUT2D eigenvalue weighted by atomic mass is 9.89. The van der Waals surface area contributed by atoms with E-state index in [1.165, 1.54) is 0 Å². The minimum absolute atomic E-state index is 0.0724. The summed E-state index contributed by atoms with van der Waals surface area (Å²) in [5, 5.41) is 0. The van der Waals surface area contributed by atoms with Crippen LogP contribution < -0.4 is 0 Å². The number of benzene rings is 1. The van der Waals surface area contributed by atoms with Gasteiger partial charge in [-0.25, -0.2) is 4.98 Å². The van der Waals surface area contributed by atoms with Crippen molar-refractivity contribution in [2.45, 2.75) is 33.6 Å². The first-order valence-corrected chi connectivity index (χ1v) is 6.21. The van der Waals surface area contributed by atoms with Crippen molar-refractivity contribution in [2.75, 3.05) is 0 Å². The molecule has 0 bridgehead atoms. The van der Waals surface area contributed by atoms with Crippen LogP contribution in [0.5, 0.6) is 0 Å². The topological polar surface area (TPSA) is 42.9 Å². The van der Waals surface area contributed by atoms with E-state index in [2.05, 4.69) is 30.7 Å². The van der Waals surface area contributed by atoms with Crippen molar-refractivity contribution < 1.29 is 4.79 Å².